The highest BCUT2D eigenvalue weighted by molar-refractivity contribution is 6.01. The fourth-order valence-corrected chi connectivity index (χ4v) is 2.38. The third-order valence-corrected chi connectivity index (χ3v) is 3.24. The van der Waals surface area contributed by atoms with Crippen molar-refractivity contribution in [2.24, 2.45) is 5.73 Å². The second-order valence-electron chi connectivity index (χ2n) is 4.15. The number of fused-ring (bicyclic) bond motifs is 2. The molecule has 1 aromatic heterocycles. The van der Waals surface area contributed by atoms with E-state index in [0.717, 1.165) is 0 Å². The lowest BCUT2D eigenvalue weighted by Crippen LogP contribution is -2.41. The Labute approximate surface area is 91.0 Å². The number of rotatable bonds is 1. The molecule has 4 N–H and O–H groups in total. The monoisotopic (exact) mass is 221 g/mol. The molecular formula is C9H11N5O2. The molecule has 16 heavy (non-hydrogen) atoms. The van der Waals surface area contributed by atoms with Gasteiger partial charge in [0.15, 0.2) is 5.54 Å². The van der Waals surface area contributed by atoms with Gasteiger partial charge in [0.1, 0.15) is 5.82 Å². The standard InChI is InChI=1S/C9H11N5O2/c10-7(15)5-3-9(4-11-5)8(16)13-6-1-2-12-14(6)9/h1-2,5,11H,3-4H2,(H2,10,15)(H,13,16)/t5-,9?/m0/s1. The van der Waals surface area contributed by atoms with Gasteiger partial charge in [-0.05, 0) is 0 Å². The highest BCUT2D eigenvalue weighted by Gasteiger charge is 2.53. The summed E-state index contributed by atoms with van der Waals surface area (Å²) in [5.74, 6) is 0.0917. The molecule has 0 aromatic carbocycles. The van der Waals surface area contributed by atoms with Gasteiger partial charge in [0.2, 0.25) is 5.91 Å². The smallest absolute Gasteiger partial charge is 0.255 e. The number of aromatic nitrogens is 2. The SMILES string of the molecule is NC(=O)[C@@H]1CC2(CN1)C(=O)Nc1ccnn12. The van der Waals surface area contributed by atoms with Crippen molar-refractivity contribution in [2.45, 2.75) is 18.0 Å². The number of hydrogen-bond acceptors (Lipinski definition) is 4. The van der Waals surface area contributed by atoms with Gasteiger partial charge in [-0.2, -0.15) is 5.10 Å². The number of nitrogens with two attached hydrogens (primary N) is 1. The largest absolute Gasteiger partial charge is 0.368 e. The van der Waals surface area contributed by atoms with Gasteiger partial charge in [-0.3, -0.25) is 9.59 Å². The van der Waals surface area contributed by atoms with Gasteiger partial charge in [-0.25, -0.2) is 4.68 Å². The van der Waals surface area contributed by atoms with Gasteiger partial charge in [0.25, 0.3) is 5.91 Å². The third kappa shape index (κ3) is 0.977. The average molecular weight is 221 g/mol. The van der Waals surface area contributed by atoms with E-state index in [-0.39, 0.29) is 5.91 Å². The van der Waals surface area contributed by atoms with Crippen molar-refractivity contribution in [1.82, 2.24) is 15.1 Å². The number of anilines is 1. The van der Waals surface area contributed by atoms with Crippen LogP contribution in [0.15, 0.2) is 12.3 Å². The minimum atomic E-state index is -0.793. The van der Waals surface area contributed by atoms with E-state index >= 15 is 0 Å². The molecule has 0 aliphatic carbocycles. The summed E-state index contributed by atoms with van der Waals surface area (Å²) in [6, 6.07) is 1.26. The zero-order chi connectivity index (χ0) is 11.3. The predicted molar refractivity (Wildman–Crippen MR) is 54.4 cm³/mol. The van der Waals surface area contributed by atoms with Crippen molar-refractivity contribution in [2.75, 3.05) is 11.9 Å². The lowest BCUT2D eigenvalue weighted by atomic mass is 9.96. The van der Waals surface area contributed by atoms with E-state index in [9.17, 15) is 9.59 Å². The fraction of sp³-hybridized carbons (Fsp3) is 0.444. The Kier molecular flexibility index (Phi) is 1.65. The van der Waals surface area contributed by atoms with Gasteiger partial charge in [0.05, 0.1) is 12.2 Å². The molecule has 0 bridgehead atoms. The highest BCUT2D eigenvalue weighted by Crippen LogP contribution is 2.36. The van der Waals surface area contributed by atoms with E-state index in [4.69, 9.17) is 5.73 Å². The Morgan fingerprint density at radius 1 is 1.69 bits per heavy atom. The number of carbonyl (C=O) groups excluding carboxylic acids is 2. The van der Waals surface area contributed by atoms with E-state index in [1.807, 2.05) is 0 Å². The third-order valence-electron chi connectivity index (χ3n) is 3.24. The molecule has 1 unspecified atom stereocenters. The molecule has 2 atom stereocenters. The van der Waals surface area contributed by atoms with Crippen LogP contribution in [0.2, 0.25) is 0 Å². The summed E-state index contributed by atoms with van der Waals surface area (Å²) in [5.41, 5.74) is 4.43. The van der Waals surface area contributed by atoms with E-state index in [1.54, 1.807) is 16.9 Å². The molecule has 2 aliphatic heterocycles. The zero-order valence-electron chi connectivity index (χ0n) is 8.43. The minimum absolute atomic E-state index is 0.133. The number of primary amides is 1. The van der Waals surface area contributed by atoms with Crippen LogP contribution in [0.5, 0.6) is 0 Å². The van der Waals surface area contributed by atoms with Crippen LogP contribution in [0, 0.1) is 0 Å². The summed E-state index contributed by atoms with van der Waals surface area (Å²) in [7, 11) is 0. The van der Waals surface area contributed by atoms with Crippen LogP contribution in [-0.4, -0.2) is 34.2 Å². The van der Waals surface area contributed by atoms with Crippen LogP contribution in [0.25, 0.3) is 0 Å². The highest BCUT2D eigenvalue weighted by atomic mass is 16.2. The summed E-state index contributed by atoms with van der Waals surface area (Å²) in [5, 5.41) is 9.81. The Bertz CT molecular complexity index is 482. The van der Waals surface area contributed by atoms with Crippen LogP contribution in [0.1, 0.15) is 6.42 Å². The molecule has 0 saturated carbocycles. The molecule has 3 heterocycles. The van der Waals surface area contributed by atoms with Gasteiger partial charge in [0, 0.05) is 19.0 Å². The van der Waals surface area contributed by atoms with Crippen molar-refractivity contribution in [1.29, 1.82) is 0 Å². The fourth-order valence-electron chi connectivity index (χ4n) is 2.38. The molecule has 3 rings (SSSR count). The average Bonchev–Trinajstić information content (AvgIpc) is 2.86. The lowest BCUT2D eigenvalue weighted by Gasteiger charge is -2.19. The summed E-state index contributed by atoms with van der Waals surface area (Å²) >= 11 is 0. The van der Waals surface area contributed by atoms with Crippen LogP contribution in [-0.2, 0) is 15.1 Å². The molecule has 1 spiro atoms. The first-order valence-corrected chi connectivity index (χ1v) is 5.02. The molecule has 7 nitrogen and oxygen atoms in total. The van der Waals surface area contributed by atoms with Gasteiger partial charge < -0.3 is 16.4 Å². The van der Waals surface area contributed by atoms with Gasteiger partial charge >= 0.3 is 0 Å². The first kappa shape index (κ1) is 9.34. The molecule has 0 radical (unpaired) electrons. The van der Waals surface area contributed by atoms with E-state index in [2.05, 4.69) is 15.7 Å². The van der Waals surface area contributed by atoms with Crippen LogP contribution >= 0.6 is 0 Å². The predicted octanol–water partition coefficient (Wildman–Crippen LogP) is -1.62. The maximum absolute atomic E-state index is 11.9. The van der Waals surface area contributed by atoms with E-state index in [1.165, 1.54) is 0 Å². The van der Waals surface area contributed by atoms with Gasteiger partial charge in [-0.1, -0.05) is 0 Å². The quantitative estimate of drug-likeness (QED) is 0.530. The molecule has 7 heteroatoms. The maximum atomic E-state index is 11.9. The second kappa shape index (κ2) is 2.82. The number of amides is 2. The van der Waals surface area contributed by atoms with Crippen molar-refractivity contribution in [3.8, 4) is 0 Å². The van der Waals surface area contributed by atoms with Crippen molar-refractivity contribution in [3.63, 3.8) is 0 Å². The molecular weight excluding hydrogens is 210 g/mol. The van der Waals surface area contributed by atoms with Gasteiger partial charge in [-0.15, -0.1) is 0 Å². The summed E-state index contributed by atoms with van der Waals surface area (Å²) in [6.45, 7) is 0.376. The molecule has 1 saturated heterocycles. The van der Waals surface area contributed by atoms with Crippen LogP contribution in [0.3, 0.4) is 0 Å². The van der Waals surface area contributed by atoms with E-state index < -0.39 is 17.5 Å². The first-order valence-electron chi connectivity index (χ1n) is 5.02. The maximum Gasteiger partial charge on any atom is 0.255 e. The van der Waals surface area contributed by atoms with Crippen LogP contribution in [0.4, 0.5) is 5.82 Å². The molecule has 84 valence electrons. The Morgan fingerprint density at radius 2 is 2.50 bits per heavy atom. The minimum Gasteiger partial charge on any atom is -0.368 e. The van der Waals surface area contributed by atoms with Crippen LogP contribution < -0.4 is 16.4 Å². The summed E-state index contributed by atoms with van der Waals surface area (Å²) in [6.07, 6.45) is 1.97. The molecule has 2 aliphatic rings. The number of hydrogen-bond donors (Lipinski definition) is 3. The van der Waals surface area contributed by atoms with E-state index in [0.29, 0.717) is 18.8 Å². The number of nitrogens with zero attached hydrogens (tertiary/aromatic N) is 2. The normalized spacial score (nSPS) is 31.8. The molecule has 2 amide bonds. The van der Waals surface area contributed by atoms with Crippen molar-refractivity contribution < 1.29 is 9.59 Å². The zero-order valence-corrected chi connectivity index (χ0v) is 8.43. The molecule has 1 aromatic rings. The molecule has 1 fully saturated rings. The topological polar surface area (TPSA) is 102 Å². The summed E-state index contributed by atoms with van der Waals surface area (Å²) in [4.78, 5) is 23.0. The number of nitrogens with one attached hydrogen (secondary N) is 2. The Balaban J connectivity index is 2.01. The Morgan fingerprint density at radius 3 is 3.19 bits per heavy atom. The summed E-state index contributed by atoms with van der Waals surface area (Å²) < 4.78 is 1.63. The number of carbonyl (C=O) groups is 2. The van der Waals surface area contributed by atoms with Crippen molar-refractivity contribution in [3.05, 3.63) is 12.3 Å². The van der Waals surface area contributed by atoms with Crippen molar-refractivity contribution >= 4 is 17.6 Å². The second-order valence-corrected chi connectivity index (χ2v) is 4.15. The first-order chi connectivity index (χ1) is 7.63. The Hall–Kier alpha value is -1.89. The lowest BCUT2D eigenvalue weighted by molar-refractivity contribution is -0.123.